The van der Waals surface area contributed by atoms with E-state index >= 15 is 0 Å². The molecule has 7 rings (SSSR count). The monoisotopic (exact) mass is 690 g/mol. The molecule has 7 nitrogen and oxygen atoms in total. The van der Waals surface area contributed by atoms with E-state index in [1.807, 2.05) is 0 Å². The Bertz CT molecular complexity index is 1730. The SMILES string of the molecule is C[C@]1(C(=O)C(=N)CC2CC(F)(CCC=N)C2)CN=C([C@H]2CC3(C(Cc4ccc(C(F)(F)F)cc4)S(=O)(=O)c4ccc(F)cc4)CC2C3)N1. The Hall–Kier alpha value is -3.48. The highest BCUT2D eigenvalue weighted by molar-refractivity contribution is 7.92. The van der Waals surface area contributed by atoms with Gasteiger partial charge < -0.3 is 16.1 Å². The van der Waals surface area contributed by atoms with Crippen LogP contribution in [0.1, 0.15) is 69.4 Å². The van der Waals surface area contributed by atoms with E-state index < -0.39 is 55.1 Å². The predicted molar refractivity (Wildman–Crippen MR) is 172 cm³/mol. The molecule has 3 atom stereocenters. The number of aliphatic imine (C=N–C) groups is 1. The maximum Gasteiger partial charge on any atom is 0.416 e. The summed E-state index contributed by atoms with van der Waals surface area (Å²) in [5, 5.41) is 17.9. The van der Waals surface area contributed by atoms with Crippen molar-refractivity contribution in [1.82, 2.24) is 5.32 Å². The third kappa shape index (κ3) is 6.34. The summed E-state index contributed by atoms with van der Waals surface area (Å²) in [5.41, 5.74) is -3.67. The molecule has 0 radical (unpaired) electrons. The van der Waals surface area contributed by atoms with Crippen LogP contribution in [0.3, 0.4) is 0 Å². The van der Waals surface area contributed by atoms with E-state index in [2.05, 4.69) is 10.3 Å². The average molecular weight is 691 g/mol. The van der Waals surface area contributed by atoms with Crippen LogP contribution in [-0.4, -0.2) is 55.0 Å². The fourth-order valence-corrected chi connectivity index (χ4v) is 10.8. The number of fused-ring (bicyclic) bond motifs is 1. The Balaban J connectivity index is 1.16. The van der Waals surface area contributed by atoms with E-state index in [9.17, 15) is 35.2 Å². The number of halogens is 5. The lowest BCUT2D eigenvalue weighted by atomic mass is 9.66. The number of ketones is 1. The summed E-state index contributed by atoms with van der Waals surface area (Å²) in [6.45, 7) is 1.80. The van der Waals surface area contributed by atoms with Gasteiger partial charge in [-0.05, 0) is 130 Å². The number of sulfone groups is 1. The molecule has 0 amide bonds. The normalized spacial score (nSPS) is 31.6. The van der Waals surface area contributed by atoms with Gasteiger partial charge in [-0.25, -0.2) is 17.2 Å². The lowest BCUT2D eigenvalue weighted by Crippen LogP contribution is -2.54. The maximum atomic E-state index is 14.7. The van der Waals surface area contributed by atoms with Crippen molar-refractivity contribution in [2.24, 2.45) is 28.2 Å². The van der Waals surface area contributed by atoms with Gasteiger partial charge in [0, 0.05) is 5.92 Å². The van der Waals surface area contributed by atoms with Gasteiger partial charge in [0.05, 0.1) is 28.0 Å². The van der Waals surface area contributed by atoms with E-state index in [0.29, 0.717) is 37.1 Å². The molecule has 2 bridgehead atoms. The molecule has 3 N–H and O–H groups in total. The molecule has 1 aliphatic heterocycles. The molecule has 258 valence electrons. The second-order valence-corrected chi connectivity index (χ2v) is 16.7. The fraction of sp³-hybridized carbons (Fsp3) is 0.543. The van der Waals surface area contributed by atoms with Crippen molar-refractivity contribution >= 4 is 33.4 Å². The molecule has 2 aromatic rings. The van der Waals surface area contributed by atoms with Gasteiger partial charge in [0.1, 0.15) is 22.9 Å². The summed E-state index contributed by atoms with van der Waals surface area (Å²) < 4.78 is 96.4. The number of rotatable bonds is 13. The second-order valence-electron chi connectivity index (χ2n) is 14.6. The number of hydrogen-bond acceptors (Lipinski definition) is 7. The van der Waals surface area contributed by atoms with Crippen molar-refractivity contribution < 1.29 is 35.2 Å². The van der Waals surface area contributed by atoms with Crippen LogP contribution < -0.4 is 5.32 Å². The van der Waals surface area contributed by atoms with Gasteiger partial charge >= 0.3 is 6.18 Å². The van der Waals surface area contributed by atoms with Crippen LogP contribution in [0.25, 0.3) is 0 Å². The van der Waals surface area contributed by atoms with Crippen molar-refractivity contribution in [2.75, 3.05) is 6.54 Å². The molecule has 48 heavy (non-hydrogen) atoms. The summed E-state index contributed by atoms with van der Waals surface area (Å²) in [4.78, 5) is 18.1. The topological polar surface area (TPSA) is 123 Å². The van der Waals surface area contributed by atoms with Crippen molar-refractivity contribution in [3.05, 3.63) is 65.5 Å². The standard InChI is InChI=1S/C35H39F5N4O3S/c1-32(30(45)28(42)13-22-15-34(37,16-22)11-2-12-41)20-43-31(44-32)27-19-33(17-23(27)18-33)29(48(46,47)26-9-7-25(36)8-10-26)14-21-3-5-24(6-4-21)35(38,39)40/h3-10,12,22-23,27,29,41-42H,2,11,13-20H2,1H3,(H,43,44)/t22?,23?,27-,29?,32+,33?,34?/m0/s1. The van der Waals surface area contributed by atoms with Crippen LogP contribution in [0.4, 0.5) is 22.0 Å². The lowest BCUT2D eigenvalue weighted by molar-refractivity contribution is -0.137. The summed E-state index contributed by atoms with van der Waals surface area (Å²) in [7, 11) is -4.04. The third-order valence-corrected chi connectivity index (χ3v) is 13.4. The number of nitrogens with one attached hydrogen (secondary N) is 3. The summed E-state index contributed by atoms with van der Waals surface area (Å²) in [5.74, 6) is -0.589. The molecule has 4 fully saturated rings. The first-order chi connectivity index (χ1) is 22.5. The molecular weight excluding hydrogens is 651 g/mol. The molecule has 2 aromatic carbocycles. The van der Waals surface area contributed by atoms with Crippen molar-refractivity contribution in [3.8, 4) is 0 Å². The molecule has 13 heteroatoms. The predicted octanol–water partition coefficient (Wildman–Crippen LogP) is 6.93. The first kappa shape index (κ1) is 34.4. The zero-order chi connectivity index (χ0) is 34.7. The largest absolute Gasteiger partial charge is 0.416 e. The first-order valence-corrected chi connectivity index (χ1v) is 17.8. The zero-order valence-corrected chi connectivity index (χ0v) is 27.4. The van der Waals surface area contributed by atoms with Crippen LogP contribution in [0, 0.1) is 39.8 Å². The summed E-state index contributed by atoms with van der Waals surface area (Å²) in [6, 6.07) is 9.07. The number of benzene rings is 2. The number of hydrogen-bond donors (Lipinski definition) is 3. The molecule has 5 aliphatic rings. The minimum absolute atomic E-state index is 0.0206. The van der Waals surface area contributed by atoms with Crippen molar-refractivity contribution in [1.29, 1.82) is 10.8 Å². The Morgan fingerprint density at radius 2 is 1.71 bits per heavy atom. The minimum atomic E-state index is -4.53. The van der Waals surface area contributed by atoms with E-state index in [1.54, 1.807) is 6.92 Å². The lowest BCUT2D eigenvalue weighted by Gasteiger charge is -2.44. The summed E-state index contributed by atoms with van der Waals surface area (Å²) >= 11 is 0. The van der Waals surface area contributed by atoms with Gasteiger partial charge in [0.15, 0.2) is 9.84 Å². The van der Waals surface area contributed by atoms with E-state index in [4.69, 9.17) is 10.8 Å². The number of Topliss-reactive ketones (excluding diaryl/α,β-unsaturated/α-hetero) is 1. The second kappa shape index (κ2) is 12.1. The zero-order valence-electron chi connectivity index (χ0n) is 26.5. The van der Waals surface area contributed by atoms with Gasteiger partial charge in [-0.1, -0.05) is 12.1 Å². The molecule has 0 spiro atoms. The van der Waals surface area contributed by atoms with Crippen LogP contribution in [0.15, 0.2) is 58.4 Å². The Morgan fingerprint density at radius 3 is 2.31 bits per heavy atom. The average Bonchev–Trinajstić information content (AvgIpc) is 3.69. The van der Waals surface area contributed by atoms with Gasteiger partial charge in [-0.2, -0.15) is 13.2 Å². The first-order valence-electron chi connectivity index (χ1n) is 16.3. The number of nitrogens with zero attached hydrogens (tertiary/aromatic N) is 1. The van der Waals surface area contributed by atoms with Crippen LogP contribution >= 0.6 is 0 Å². The number of carbonyl (C=O) groups is 1. The highest BCUT2D eigenvalue weighted by atomic mass is 32.2. The maximum absolute atomic E-state index is 14.7. The molecule has 0 saturated heterocycles. The minimum Gasteiger partial charge on any atom is -0.359 e. The fourth-order valence-electron chi connectivity index (χ4n) is 8.55. The van der Waals surface area contributed by atoms with E-state index in [1.165, 1.54) is 30.5 Å². The highest BCUT2D eigenvalue weighted by Crippen LogP contribution is 2.66. The van der Waals surface area contributed by atoms with Crippen LogP contribution in [0.5, 0.6) is 0 Å². The Labute approximate surface area is 276 Å². The number of alkyl halides is 4. The van der Waals surface area contributed by atoms with Gasteiger partial charge in [-0.15, -0.1) is 0 Å². The van der Waals surface area contributed by atoms with E-state index in [-0.39, 0.29) is 67.0 Å². The van der Waals surface area contributed by atoms with Crippen molar-refractivity contribution in [3.63, 3.8) is 0 Å². The third-order valence-electron chi connectivity index (χ3n) is 11.1. The molecule has 4 saturated carbocycles. The molecule has 4 aliphatic carbocycles. The molecular formula is C35H39F5N4O3S. The van der Waals surface area contributed by atoms with Crippen molar-refractivity contribution in [2.45, 2.75) is 92.2 Å². The van der Waals surface area contributed by atoms with Gasteiger partial charge in [0.2, 0.25) is 5.78 Å². The molecule has 1 unspecified atom stereocenters. The van der Waals surface area contributed by atoms with E-state index in [0.717, 1.165) is 24.3 Å². The highest BCUT2D eigenvalue weighted by Gasteiger charge is 2.64. The van der Waals surface area contributed by atoms with Crippen LogP contribution in [0.2, 0.25) is 0 Å². The Morgan fingerprint density at radius 1 is 1.06 bits per heavy atom. The quantitative estimate of drug-likeness (QED) is 0.120. The molecule has 0 aromatic heterocycles. The number of carbonyl (C=O) groups excluding carboxylic acids is 1. The smallest absolute Gasteiger partial charge is 0.359 e. The van der Waals surface area contributed by atoms with Crippen LogP contribution in [-0.2, 0) is 27.2 Å². The number of amidine groups is 1. The molecule has 1 heterocycles. The van der Waals surface area contributed by atoms with Gasteiger partial charge in [0.25, 0.3) is 0 Å². The van der Waals surface area contributed by atoms with Gasteiger partial charge in [-0.3, -0.25) is 9.79 Å². The summed E-state index contributed by atoms with van der Waals surface area (Å²) in [6.07, 6.45) is -0.492. The Kier molecular flexibility index (Phi) is 8.69.